The van der Waals surface area contributed by atoms with Gasteiger partial charge in [0, 0.05) is 38.1 Å². The molecule has 3 heterocycles. The zero-order valence-electron chi connectivity index (χ0n) is 13.9. The summed E-state index contributed by atoms with van der Waals surface area (Å²) in [4.78, 5) is 24.0. The van der Waals surface area contributed by atoms with E-state index in [1.54, 1.807) is 21.9 Å². The number of anilines is 1. The number of amides is 1. The van der Waals surface area contributed by atoms with Crippen molar-refractivity contribution in [3.63, 3.8) is 0 Å². The summed E-state index contributed by atoms with van der Waals surface area (Å²) in [6.07, 6.45) is -3.71. The number of carbonyl (C=O) groups is 1. The van der Waals surface area contributed by atoms with Gasteiger partial charge in [-0.1, -0.05) is 17.7 Å². The Morgan fingerprint density at radius 1 is 1.19 bits per heavy atom. The van der Waals surface area contributed by atoms with Gasteiger partial charge >= 0.3 is 6.18 Å². The first kappa shape index (κ1) is 18.4. The third-order valence-corrected chi connectivity index (χ3v) is 4.40. The molecule has 0 atom stereocenters. The molecule has 0 N–H and O–H groups in total. The Kier molecular flexibility index (Phi) is 5.04. The Hall–Kier alpha value is -2.35. The molecule has 2 aromatic rings. The molecule has 138 valence electrons. The van der Waals surface area contributed by atoms with Crippen LogP contribution < -0.4 is 4.90 Å². The highest BCUT2D eigenvalue weighted by molar-refractivity contribution is 6.33. The largest absolute Gasteiger partial charge is 0.417 e. The highest BCUT2D eigenvalue weighted by Gasteiger charge is 2.32. The van der Waals surface area contributed by atoms with Crippen LogP contribution in [0.25, 0.3) is 0 Å². The van der Waals surface area contributed by atoms with Crippen LogP contribution >= 0.6 is 11.6 Å². The summed E-state index contributed by atoms with van der Waals surface area (Å²) in [5, 5.41) is -0.0556. The molecule has 1 saturated heterocycles. The maximum absolute atomic E-state index is 12.7. The quantitative estimate of drug-likeness (QED) is 0.796. The van der Waals surface area contributed by atoms with Crippen molar-refractivity contribution < 1.29 is 18.0 Å². The van der Waals surface area contributed by atoms with Crippen molar-refractivity contribution in [3.05, 3.63) is 52.4 Å². The van der Waals surface area contributed by atoms with E-state index in [0.717, 1.165) is 18.0 Å². The van der Waals surface area contributed by atoms with E-state index in [2.05, 4.69) is 9.97 Å². The number of hydrogen-bond donors (Lipinski definition) is 0. The molecule has 26 heavy (non-hydrogen) atoms. The third kappa shape index (κ3) is 3.90. The minimum absolute atomic E-state index is 0.0556. The summed E-state index contributed by atoms with van der Waals surface area (Å²) in [5.41, 5.74) is 0.255. The summed E-state index contributed by atoms with van der Waals surface area (Å²) < 4.78 is 38.1. The number of aromatic nitrogens is 2. The molecule has 1 aliphatic heterocycles. The molecule has 1 amide bonds. The predicted molar refractivity (Wildman–Crippen MR) is 91.3 cm³/mol. The van der Waals surface area contributed by atoms with Gasteiger partial charge in [0.25, 0.3) is 5.91 Å². The maximum Gasteiger partial charge on any atom is 0.417 e. The third-order valence-electron chi connectivity index (χ3n) is 4.12. The topological polar surface area (TPSA) is 49.3 Å². The van der Waals surface area contributed by atoms with Crippen LogP contribution in [0.5, 0.6) is 0 Å². The van der Waals surface area contributed by atoms with E-state index in [1.807, 2.05) is 13.0 Å². The molecule has 0 saturated carbocycles. The minimum atomic E-state index is -4.49. The fourth-order valence-corrected chi connectivity index (χ4v) is 3.05. The van der Waals surface area contributed by atoms with E-state index in [1.165, 1.54) is 0 Å². The Morgan fingerprint density at radius 3 is 2.46 bits per heavy atom. The summed E-state index contributed by atoms with van der Waals surface area (Å²) in [7, 11) is 0. The SMILES string of the molecule is Cc1cccc(C(=O)N2CCN(c3ncc(C(F)(F)F)cc3Cl)CC2)n1. The molecule has 3 rings (SSSR count). The van der Waals surface area contributed by atoms with Crippen LogP contribution in [0.1, 0.15) is 21.7 Å². The first-order valence-electron chi connectivity index (χ1n) is 7.96. The first-order chi connectivity index (χ1) is 12.3. The van der Waals surface area contributed by atoms with Crippen LogP contribution in [0.4, 0.5) is 19.0 Å². The van der Waals surface area contributed by atoms with E-state index < -0.39 is 11.7 Å². The van der Waals surface area contributed by atoms with Crippen LogP contribution in [0.3, 0.4) is 0 Å². The average Bonchev–Trinajstić information content (AvgIpc) is 2.60. The van der Waals surface area contributed by atoms with Gasteiger partial charge in [-0.15, -0.1) is 0 Å². The van der Waals surface area contributed by atoms with Crippen molar-refractivity contribution >= 4 is 23.3 Å². The second-order valence-electron chi connectivity index (χ2n) is 5.97. The lowest BCUT2D eigenvalue weighted by Gasteiger charge is -2.35. The van der Waals surface area contributed by atoms with Gasteiger partial charge in [-0.2, -0.15) is 13.2 Å². The summed E-state index contributed by atoms with van der Waals surface area (Å²) in [6.45, 7) is 3.49. The van der Waals surface area contributed by atoms with Gasteiger partial charge in [-0.05, 0) is 25.1 Å². The first-order valence-corrected chi connectivity index (χ1v) is 8.34. The van der Waals surface area contributed by atoms with E-state index >= 15 is 0 Å². The number of pyridine rings is 2. The summed E-state index contributed by atoms with van der Waals surface area (Å²) in [6, 6.07) is 6.12. The van der Waals surface area contributed by atoms with Crippen molar-refractivity contribution in [1.29, 1.82) is 0 Å². The van der Waals surface area contributed by atoms with Crippen molar-refractivity contribution in [2.75, 3.05) is 31.1 Å². The summed E-state index contributed by atoms with van der Waals surface area (Å²) >= 11 is 5.99. The van der Waals surface area contributed by atoms with Gasteiger partial charge in [0.15, 0.2) is 0 Å². The lowest BCUT2D eigenvalue weighted by atomic mass is 10.2. The lowest BCUT2D eigenvalue weighted by molar-refractivity contribution is -0.137. The van der Waals surface area contributed by atoms with E-state index in [4.69, 9.17) is 11.6 Å². The molecule has 0 bridgehead atoms. The number of alkyl halides is 3. The minimum Gasteiger partial charge on any atom is -0.352 e. The van der Waals surface area contributed by atoms with Crippen molar-refractivity contribution in [1.82, 2.24) is 14.9 Å². The molecule has 1 aliphatic rings. The van der Waals surface area contributed by atoms with Crippen LogP contribution in [0, 0.1) is 6.92 Å². The molecule has 0 radical (unpaired) electrons. The maximum atomic E-state index is 12.7. The Balaban J connectivity index is 1.68. The van der Waals surface area contributed by atoms with Gasteiger partial charge < -0.3 is 9.80 Å². The average molecular weight is 385 g/mol. The van der Waals surface area contributed by atoms with Crippen molar-refractivity contribution in [2.24, 2.45) is 0 Å². The number of carbonyl (C=O) groups excluding carboxylic acids is 1. The van der Waals surface area contributed by atoms with Crippen molar-refractivity contribution in [3.8, 4) is 0 Å². The zero-order chi connectivity index (χ0) is 18.9. The van der Waals surface area contributed by atoms with Crippen LogP contribution in [-0.4, -0.2) is 47.0 Å². The van der Waals surface area contributed by atoms with E-state index in [0.29, 0.717) is 37.7 Å². The van der Waals surface area contributed by atoms with Gasteiger partial charge in [-0.3, -0.25) is 4.79 Å². The Labute approximate surface area is 153 Å². The standard InChI is InChI=1S/C17H16ClF3N4O/c1-11-3-2-4-14(23-11)16(26)25-7-5-24(6-8-25)15-13(18)9-12(10-22-15)17(19,20)21/h2-4,9-10H,5-8H2,1H3. The molecular weight excluding hydrogens is 369 g/mol. The lowest BCUT2D eigenvalue weighted by Crippen LogP contribution is -2.49. The highest BCUT2D eigenvalue weighted by atomic mass is 35.5. The number of halogens is 4. The second-order valence-corrected chi connectivity index (χ2v) is 6.38. The highest BCUT2D eigenvalue weighted by Crippen LogP contribution is 2.33. The zero-order valence-corrected chi connectivity index (χ0v) is 14.7. The number of hydrogen-bond acceptors (Lipinski definition) is 4. The molecule has 1 fully saturated rings. The predicted octanol–water partition coefficient (Wildman–Crippen LogP) is 3.42. The number of piperazine rings is 1. The molecule has 0 aromatic carbocycles. The Morgan fingerprint density at radius 2 is 1.88 bits per heavy atom. The van der Waals surface area contributed by atoms with Crippen LogP contribution in [0.2, 0.25) is 5.02 Å². The van der Waals surface area contributed by atoms with Crippen molar-refractivity contribution in [2.45, 2.75) is 13.1 Å². The Bertz CT molecular complexity index is 820. The molecule has 9 heteroatoms. The molecule has 0 unspecified atom stereocenters. The van der Waals surface area contributed by atoms with E-state index in [9.17, 15) is 18.0 Å². The number of aryl methyl sites for hydroxylation is 1. The second kappa shape index (κ2) is 7.11. The monoisotopic (exact) mass is 384 g/mol. The number of nitrogens with zero attached hydrogens (tertiary/aromatic N) is 4. The normalized spacial score (nSPS) is 15.3. The summed E-state index contributed by atoms with van der Waals surface area (Å²) in [5.74, 6) is 0.125. The van der Waals surface area contributed by atoms with Gasteiger partial charge in [-0.25, -0.2) is 9.97 Å². The fraction of sp³-hybridized carbons (Fsp3) is 0.353. The fourth-order valence-electron chi connectivity index (χ4n) is 2.76. The molecule has 5 nitrogen and oxygen atoms in total. The van der Waals surface area contributed by atoms with Crippen LogP contribution in [0.15, 0.2) is 30.5 Å². The molecule has 0 spiro atoms. The smallest absolute Gasteiger partial charge is 0.352 e. The van der Waals surface area contributed by atoms with Gasteiger partial charge in [0.1, 0.15) is 11.5 Å². The van der Waals surface area contributed by atoms with Crippen LogP contribution in [-0.2, 0) is 6.18 Å². The molecule has 2 aromatic heterocycles. The van der Waals surface area contributed by atoms with Gasteiger partial charge in [0.2, 0.25) is 0 Å². The van der Waals surface area contributed by atoms with Gasteiger partial charge in [0.05, 0.1) is 10.6 Å². The van der Waals surface area contributed by atoms with E-state index in [-0.39, 0.29) is 10.9 Å². The molecule has 0 aliphatic carbocycles. The molecular formula is C17H16ClF3N4O. The number of rotatable bonds is 2.